The van der Waals surface area contributed by atoms with E-state index in [0.717, 1.165) is 24.8 Å². The van der Waals surface area contributed by atoms with Crippen LogP contribution in [0.25, 0.3) is 0 Å². The average molecular weight is 223 g/mol. The van der Waals surface area contributed by atoms with E-state index < -0.39 is 0 Å². The van der Waals surface area contributed by atoms with Gasteiger partial charge >= 0.3 is 0 Å². The van der Waals surface area contributed by atoms with Crippen molar-refractivity contribution in [2.45, 2.75) is 38.6 Å². The molecule has 1 N–H and O–H groups in total. The number of nitrogens with zero attached hydrogens (tertiary/aromatic N) is 3. The smallest absolute Gasteiger partial charge is 0.172 e. The molecule has 0 aliphatic heterocycles. The van der Waals surface area contributed by atoms with Crippen molar-refractivity contribution in [3.05, 3.63) is 11.4 Å². The highest BCUT2D eigenvalue weighted by Gasteiger charge is 2.27. The van der Waals surface area contributed by atoms with E-state index in [1.54, 1.807) is 4.68 Å². The minimum atomic E-state index is -0.0602. The maximum absolute atomic E-state index is 10.9. The molecule has 2 rings (SSSR count). The summed E-state index contributed by atoms with van der Waals surface area (Å²) in [6, 6.07) is -0.0602. The number of aldehydes is 1. The van der Waals surface area contributed by atoms with Crippen LogP contribution >= 0.6 is 0 Å². The van der Waals surface area contributed by atoms with Gasteiger partial charge in [-0.15, -0.1) is 5.10 Å². The molecule has 5 nitrogen and oxygen atoms in total. The quantitative estimate of drug-likeness (QED) is 0.730. The molecule has 0 spiro atoms. The molecule has 5 heteroatoms. The van der Waals surface area contributed by atoms with Crippen molar-refractivity contribution in [2.75, 3.05) is 6.61 Å². The van der Waals surface area contributed by atoms with E-state index in [0.29, 0.717) is 11.6 Å². The van der Waals surface area contributed by atoms with E-state index in [1.807, 2.05) is 6.92 Å². The number of aliphatic hydroxyl groups excluding tert-OH is 1. The molecule has 1 unspecified atom stereocenters. The molecular weight excluding hydrogens is 206 g/mol. The highest BCUT2D eigenvalue weighted by atomic mass is 16.3. The SMILES string of the molecule is CCC(CO)n1nnc(C=O)c1CC1CC1. The Morgan fingerprint density at radius 2 is 2.38 bits per heavy atom. The lowest BCUT2D eigenvalue weighted by Gasteiger charge is -2.14. The van der Waals surface area contributed by atoms with Gasteiger partial charge in [-0.05, 0) is 31.6 Å². The Hall–Kier alpha value is -1.23. The number of carbonyl (C=O) groups excluding carboxylic acids is 1. The van der Waals surface area contributed by atoms with Gasteiger partial charge in [0, 0.05) is 0 Å². The summed E-state index contributed by atoms with van der Waals surface area (Å²) < 4.78 is 1.72. The standard InChI is InChI=1S/C11H17N3O2/c1-2-9(6-15)14-11(5-8-3-4-8)10(7-16)12-13-14/h7-9,15H,2-6H2,1H3. The zero-order valence-electron chi connectivity index (χ0n) is 9.46. The van der Waals surface area contributed by atoms with Crippen LogP contribution in [0.1, 0.15) is 48.4 Å². The van der Waals surface area contributed by atoms with Crippen LogP contribution in [0.3, 0.4) is 0 Å². The Bertz CT molecular complexity index is 367. The van der Waals surface area contributed by atoms with Crippen LogP contribution in [0.4, 0.5) is 0 Å². The summed E-state index contributed by atoms with van der Waals surface area (Å²) in [6.07, 6.45) is 4.84. The molecule has 1 aromatic rings. The number of hydrogen-bond donors (Lipinski definition) is 1. The topological polar surface area (TPSA) is 68.0 Å². The van der Waals surface area contributed by atoms with E-state index in [9.17, 15) is 9.90 Å². The van der Waals surface area contributed by atoms with Crippen molar-refractivity contribution in [1.29, 1.82) is 0 Å². The normalized spacial score (nSPS) is 17.4. The molecule has 88 valence electrons. The lowest BCUT2D eigenvalue weighted by Crippen LogP contribution is -2.17. The Balaban J connectivity index is 2.27. The van der Waals surface area contributed by atoms with E-state index in [1.165, 1.54) is 12.8 Å². The fraction of sp³-hybridized carbons (Fsp3) is 0.727. The molecule has 1 aliphatic carbocycles. The highest BCUT2D eigenvalue weighted by Crippen LogP contribution is 2.33. The first-order valence-corrected chi connectivity index (χ1v) is 5.80. The van der Waals surface area contributed by atoms with Crippen LogP contribution in [0, 0.1) is 5.92 Å². The van der Waals surface area contributed by atoms with Gasteiger partial charge in [0.25, 0.3) is 0 Å². The summed E-state index contributed by atoms with van der Waals surface area (Å²) in [5.74, 6) is 0.673. The molecule has 0 aromatic carbocycles. The first-order valence-electron chi connectivity index (χ1n) is 5.80. The number of rotatable bonds is 6. The van der Waals surface area contributed by atoms with Crippen molar-refractivity contribution < 1.29 is 9.90 Å². The fourth-order valence-corrected chi connectivity index (χ4v) is 1.88. The third kappa shape index (κ3) is 2.14. The molecule has 1 aliphatic rings. The summed E-state index contributed by atoms with van der Waals surface area (Å²) in [7, 11) is 0. The van der Waals surface area contributed by atoms with Crippen LogP contribution < -0.4 is 0 Å². The molecule has 1 saturated carbocycles. The van der Waals surface area contributed by atoms with Crippen molar-refractivity contribution in [3.63, 3.8) is 0 Å². The zero-order chi connectivity index (χ0) is 11.5. The fourth-order valence-electron chi connectivity index (χ4n) is 1.88. The molecule has 1 aromatic heterocycles. The first kappa shape index (κ1) is 11.3. The molecule has 0 bridgehead atoms. The molecule has 1 heterocycles. The van der Waals surface area contributed by atoms with Gasteiger partial charge in [0.05, 0.1) is 18.3 Å². The molecule has 0 radical (unpaired) electrons. The highest BCUT2D eigenvalue weighted by molar-refractivity contribution is 5.73. The van der Waals surface area contributed by atoms with E-state index in [4.69, 9.17) is 0 Å². The molecule has 16 heavy (non-hydrogen) atoms. The summed E-state index contributed by atoms with van der Waals surface area (Å²) >= 11 is 0. The van der Waals surface area contributed by atoms with Gasteiger partial charge in [0.1, 0.15) is 5.69 Å². The van der Waals surface area contributed by atoms with Gasteiger partial charge in [-0.2, -0.15) is 0 Å². The van der Waals surface area contributed by atoms with Gasteiger partial charge < -0.3 is 5.11 Å². The predicted molar refractivity (Wildman–Crippen MR) is 58.3 cm³/mol. The third-order valence-corrected chi connectivity index (χ3v) is 3.14. The minimum Gasteiger partial charge on any atom is -0.394 e. The summed E-state index contributed by atoms with van der Waals surface area (Å²) in [4.78, 5) is 10.9. The van der Waals surface area contributed by atoms with Crippen LogP contribution in [-0.2, 0) is 6.42 Å². The van der Waals surface area contributed by atoms with Gasteiger partial charge in [-0.3, -0.25) is 4.79 Å². The van der Waals surface area contributed by atoms with Crippen molar-refractivity contribution in [2.24, 2.45) is 5.92 Å². The maximum atomic E-state index is 10.9. The second kappa shape index (κ2) is 4.74. The van der Waals surface area contributed by atoms with Crippen molar-refractivity contribution >= 4 is 6.29 Å². The first-order chi connectivity index (χ1) is 7.80. The molecule has 0 saturated heterocycles. The van der Waals surface area contributed by atoms with Crippen LogP contribution in [0.5, 0.6) is 0 Å². The second-order valence-electron chi connectivity index (χ2n) is 4.38. The van der Waals surface area contributed by atoms with E-state index in [-0.39, 0.29) is 12.6 Å². The molecule has 1 atom stereocenters. The number of aliphatic hydroxyl groups is 1. The number of aromatic nitrogens is 3. The summed E-state index contributed by atoms with van der Waals surface area (Å²) in [5.41, 5.74) is 1.32. The third-order valence-electron chi connectivity index (χ3n) is 3.14. The van der Waals surface area contributed by atoms with Gasteiger partial charge in [-0.25, -0.2) is 4.68 Å². The summed E-state index contributed by atoms with van der Waals surface area (Å²) in [6.45, 7) is 2.03. The van der Waals surface area contributed by atoms with Gasteiger partial charge in [0.2, 0.25) is 0 Å². The predicted octanol–water partition coefficient (Wildman–Crippen LogP) is 0.986. The maximum Gasteiger partial charge on any atom is 0.172 e. The van der Waals surface area contributed by atoms with Gasteiger partial charge in [0.15, 0.2) is 6.29 Å². The van der Waals surface area contributed by atoms with E-state index >= 15 is 0 Å². The van der Waals surface area contributed by atoms with Crippen LogP contribution in [-0.4, -0.2) is 33.0 Å². The van der Waals surface area contributed by atoms with Crippen molar-refractivity contribution in [1.82, 2.24) is 15.0 Å². The van der Waals surface area contributed by atoms with Crippen LogP contribution in [0.15, 0.2) is 0 Å². The number of carbonyl (C=O) groups is 1. The Labute approximate surface area is 94.5 Å². The summed E-state index contributed by atoms with van der Waals surface area (Å²) in [5, 5.41) is 17.1. The van der Waals surface area contributed by atoms with Crippen LogP contribution in [0.2, 0.25) is 0 Å². The average Bonchev–Trinajstić information content (AvgIpc) is 3.03. The lowest BCUT2D eigenvalue weighted by atomic mass is 10.1. The molecule has 1 fully saturated rings. The molecule has 0 amide bonds. The zero-order valence-corrected chi connectivity index (χ0v) is 9.46. The lowest BCUT2D eigenvalue weighted by molar-refractivity contribution is 0.111. The Morgan fingerprint density at radius 3 is 2.88 bits per heavy atom. The van der Waals surface area contributed by atoms with E-state index in [2.05, 4.69) is 10.3 Å². The molecular formula is C11H17N3O2. The minimum absolute atomic E-state index is 0.0375. The Morgan fingerprint density at radius 1 is 1.62 bits per heavy atom. The van der Waals surface area contributed by atoms with Gasteiger partial charge in [-0.1, -0.05) is 12.1 Å². The Kier molecular flexibility index (Phi) is 3.33. The van der Waals surface area contributed by atoms with Crippen molar-refractivity contribution in [3.8, 4) is 0 Å². The number of hydrogen-bond acceptors (Lipinski definition) is 4. The monoisotopic (exact) mass is 223 g/mol. The largest absolute Gasteiger partial charge is 0.394 e. The second-order valence-corrected chi connectivity index (χ2v) is 4.38.